The highest BCUT2D eigenvalue weighted by atomic mass is 16.6. The second-order valence-corrected chi connectivity index (χ2v) is 10.9. The summed E-state index contributed by atoms with van der Waals surface area (Å²) in [5, 5.41) is 22.9. The molecule has 8 nitrogen and oxygen atoms in total. The minimum absolute atomic E-state index is 0.0449. The molecule has 40 heavy (non-hydrogen) atoms. The Labute approximate surface area is 228 Å². The Morgan fingerprint density at radius 2 is 1.12 bits per heavy atom. The Kier molecular flexibility index (Phi) is 5.12. The van der Waals surface area contributed by atoms with E-state index in [4.69, 9.17) is 0 Å². The van der Waals surface area contributed by atoms with Crippen LogP contribution < -0.4 is 0 Å². The number of benzene rings is 4. The number of rotatable bonds is 4. The minimum atomic E-state index is -1.06. The first-order valence-corrected chi connectivity index (χ1v) is 13.1. The molecule has 1 fully saturated rings. The molecule has 3 aliphatic rings. The monoisotopic (exact) mass is 530 g/mol. The van der Waals surface area contributed by atoms with Crippen LogP contribution in [0.3, 0.4) is 0 Å². The average Bonchev–Trinajstić information content (AvgIpc) is 3.54. The molecule has 196 valence electrons. The van der Waals surface area contributed by atoms with Gasteiger partial charge in [-0.1, -0.05) is 72.8 Å². The maximum Gasteiger partial charge on any atom is 0.269 e. The van der Waals surface area contributed by atoms with Gasteiger partial charge in [-0.3, -0.25) is 29.8 Å². The molecule has 5 unspecified atom stereocenters. The number of carbonyl (C=O) groups excluding carboxylic acids is 2. The van der Waals surface area contributed by atoms with Crippen LogP contribution in [0.1, 0.15) is 60.7 Å². The molecule has 0 radical (unpaired) electrons. The van der Waals surface area contributed by atoms with Crippen LogP contribution in [0, 0.1) is 31.6 Å². The largest absolute Gasteiger partial charge is 0.294 e. The quantitative estimate of drug-likeness (QED) is 0.222. The maximum atomic E-state index is 14.7. The maximum absolute atomic E-state index is 14.7. The van der Waals surface area contributed by atoms with Crippen LogP contribution in [0.25, 0.3) is 0 Å². The third-order valence-corrected chi connectivity index (χ3v) is 9.20. The highest BCUT2D eigenvalue weighted by molar-refractivity contribution is 6.10. The standard InChI is InChI=1S/C32H22N2O6/c35-30-25-8-4-3-7-24(25)26-27(30)29(19-11-15-22(16-12-19)34(39)40)32(17-20-5-1-2-6-23(20)31(32)36)28(26)18-9-13-21(14-10-18)33(37)38/h1-16,26-29H,17H2. The Bertz CT molecular complexity index is 1750. The van der Waals surface area contributed by atoms with Crippen LogP contribution in [0.4, 0.5) is 11.4 Å². The molecule has 4 aromatic carbocycles. The molecule has 0 amide bonds. The van der Waals surface area contributed by atoms with Crippen molar-refractivity contribution in [3.8, 4) is 0 Å². The molecule has 1 spiro atoms. The number of Topliss-reactive ketones (excluding diaryl/α,β-unsaturated/α-hetero) is 2. The second kappa shape index (κ2) is 8.51. The number of carbonyl (C=O) groups is 2. The van der Waals surface area contributed by atoms with Crippen LogP contribution in [-0.4, -0.2) is 21.4 Å². The van der Waals surface area contributed by atoms with Gasteiger partial charge in [0.25, 0.3) is 11.4 Å². The summed E-state index contributed by atoms with van der Waals surface area (Å²) in [5.74, 6) is -2.03. The van der Waals surface area contributed by atoms with Gasteiger partial charge in [0.05, 0.1) is 15.3 Å². The summed E-state index contributed by atoms with van der Waals surface area (Å²) >= 11 is 0. The van der Waals surface area contributed by atoms with E-state index in [9.17, 15) is 29.8 Å². The van der Waals surface area contributed by atoms with Crippen molar-refractivity contribution in [3.63, 3.8) is 0 Å². The molecule has 8 heteroatoms. The molecule has 7 rings (SSSR count). The fraction of sp³-hybridized carbons (Fsp3) is 0.188. The normalized spacial score (nSPS) is 26.0. The van der Waals surface area contributed by atoms with Crippen LogP contribution >= 0.6 is 0 Å². The zero-order valence-corrected chi connectivity index (χ0v) is 21.1. The van der Waals surface area contributed by atoms with Crippen molar-refractivity contribution < 1.29 is 19.4 Å². The predicted molar refractivity (Wildman–Crippen MR) is 146 cm³/mol. The van der Waals surface area contributed by atoms with Crippen LogP contribution in [-0.2, 0) is 6.42 Å². The molecule has 4 aromatic rings. The van der Waals surface area contributed by atoms with Gasteiger partial charge in [-0.15, -0.1) is 0 Å². The van der Waals surface area contributed by atoms with Gasteiger partial charge in [-0.2, -0.15) is 0 Å². The molecule has 0 aliphatic heterocycles. The second-order valence-electron chi connectivity index (χ2n) is 10.9. The van der Waals surface area contributed by atoms with Crippen LogP contribution in [0.2, 0.25) is 0 Å². The molecule has 5 atom stereocenters. The lowest BCUT2D eigenvalue weighted by atomic mass is 9.62. The minimum Gasteiger partial charge on any atom is -0.294 e. The van der Waals surface area contributed by atoms with E-state index in [0.29, 0.717) is 23.1 Å². The highest BCUT2D eigenvalue weighted by Crippen LogP contribution is 2.72. The Morgan fingerprint density at radius 3 is 1.68 bits per heavy atom. The van der Waals surface area contributed by atoms with Gasteiger partial charge in [-0.25, -0.2) is 0 Å². The molecule has 0 aromatic heterocycles. The van der Waals surface area contributed by atoms with Crippen molar-refractivity contribution >= 4 is 22.9 Å². The van der Waals surface area contributed by atoms with E-state index in [1.54, 1.807) is 24.3 Å². The number of nitro benzene ring substituents is 2. The van der Waals surface area contributed by atoms with Gasteiger partial charge in [-0.05, 0) is 28.7 Å². The van der Waals surface area contributed by atoms with Crippen LogP contribution in [0.5, 0.6) is 0 Å². The molecular formula is C32H22N2O6. The fourth-order valence-electron chi connectivity index (χ4n) is 7.79. The van der Waals surface area contributed by atoms with Gasteiger partial charge < -0.3 is 0 Å². The van der Waals surface area contributed by atoms with E-state index >= 15 is 0 Å². The summed E-state index contributed by atoms with van der Waals surface area (Å²) < 4.78 is 0. The van der Waals surface area contributed by atoms with Gasteiger partial charge in [0.15, 0.2) is 11.6 Å². The first-order chi connectivity index (χ1) is 19.3. The zero-order valence-electron chi connectivity index (χ0n) is 21.1. The lowest BCUT2D eigenvalue weighted by Gasteiger charge is -2.38. The van der Waals surface area contributed by atoms with Gasteiger partial charge in [0, 0.05) is 59.1 Å². The summed E-state index contributed by atoms with van der Waals surface area (Å²) in [5.41, 5.74) is 3.28. The third-order valence-electron chi connectivity index (χ3n) is 9.20. The van der Waals surface area contributed by atoms with Gasteiger partial charge in [0.1, 0.15) is 0 Å². The van der Waals surface area contributed by atoms with Crippen molar-refractivity contribution in [2.75, 3.05) is 0 Å². The molecule has 3 aliphatic carbocycles. The first-order valence-electron chi connectivity index (χ1n) is 13.1. The number of hydrogen-bond acceptors (Lipinski definition) is 6. The number of nitro groups is 2. The predicted octanol–water partition coefficient (Wildman–Crippen LogP) is 6.41. The van der Waals surface area contributed by atoms with Crippen molar-refractivity contribution in [2.24, 2.45) is 11.3 Å². The summed E-state index contributed by atoms with van der Waals surface area (Å²) in [7, 11) is 0. The van der Waals surface area contributed by atoms with E-state index in [1.807, 2.05) is 48.5 Å². The zero-order chi connectivity index (χ0) is 27.8. The number of nitrogens with zero attached hydrogens (tertiary/aromatic N) is 2. The molecule has 0 heterocycles. The lowest BCUT2D eigenvalue weighted by molar-refractivity contribution is -0.385. The van der Waals surface area contributed by atoms with Crippen molar-refractivity contribution in [2.45, 2.75) is 24.2 Å². The Balaban J connectivity index is 1.52. The number of hydrogen-bond donors (Lipinski definition) is 0. The molecule has 0 saturated heterocycles. The summed E-state index contributed by atoms with van der Waals surface area (Å²) in [4.78, 5) is 50.8. The summed E-state index contributed by atoms with van der Waals surface area (Å²) in [6, 6.07) is 27.5. The van der Waals surface area contributed by atoms with Gasteiger partial charge in [0.2, 0.25) is 0 Å². The van der Waals surface area contributed by atoms with E-state index in [1.165, 1.54) is 24.3 Å². The third kappa shape index (κ3) is 3.13. The van der Waals surface area contributed by atoms with E-state index in [-0.39, 0.29) is 28.9 Å². The number of ketones is 2. The molecule has 1 saturated carbocycles. The topological polar surface area (TPSA) is 120 Å². The summed E-state index contributed by atoms with van der Waals surface area (Å²) in [6.07, 6.45) is 0.397. The molecule has 0 bridgehead atoms. The number of fused-ring (bicyclic) bond motifs is 4. The SMILES string of the molecule is O=C1c2ccccc2C2C1C(c1ccc([N+](=O)[O-])cc1)C1(Cc3ccccc3C1=O)C2c1ccc([N+](=O)[O-])cc1. The van der Waals surface area contributed by atoms with Crippen molar-refractivity contribution in [1.29, 1.82) is 0 Å². The van der Waals surface area contributed by atoms with E-state index in [2.05, 4.69) is 0 Å². The van der Waals surface area contributed by atoms with Crippen molar-refractivity contribution in [3.05, 3.63) is 151 Å². The fourth-order valence-corrected chi connectivity index (χ4v) is 7.79. The lowest BCUT2D eigenvalue weighted by Crippen LogP contribution is -2.38. The smallest absolute Gasteiger partial charge is 0.269 e. The molecular weight excluding hydrogens is 508 g/mol. The highest BCUT2D eigenvalue weighted by Gasteiger charge is 2.70. The molecule has 0 N–H and O–H groups in total. The summed E-state index contributed by atoms with van der Waals surface area (Å²) in [6.45, 7) is 0. The van der Waals surface area contributed by atoms with Gasteiger partial charge >= 0.3 is 0 Å². The van der Waals surface area contributed by atoms with Crippen molar-refractivity contribution in [1.82, 2.24) is 0 Å². The number of non-ortho nitro benzene ring substituents is 2. The average molecular weight is 531 g/mol. The van der Waals surface area contributed by atoms with E-state index < -0.39 is 33.0 Å². The van der Waals surface area contributed by atoms with Crippen LogP contribution in [0.15, 0.2) is 97.1 Å². The Morgan fingerprint density at radius 1 is 0.625 bits per heavy atom. The van der Waals surface area contributed by atoms with E-state index in [0.717, 1.165) is 16.7 Å². The first kappa shape index (κ1) is 24.1. The Hall–Kier alpha value is -4.98.